The lowest BCUT2D eigenvalue weighted by Gasteiger charge is -2.11. The molecule has 0 radical (unpaired) electrons. The Morgan fingerprint density at radius 1 is 0.971 bits per heavy atom. The highest BCUT2D eigenvalue weighted by molar-refractivity contribution is 7.99. The molecule has 0 aliphatic heterocycles. The van der Waals surface area contributed by atoms with Gasteiger partial charge >= 0.3 is 0 Å². The van der Waals surface area contributed by atoms with Crippen LogP contribution in [-0.4, -0.2) is 45.6 Å². The highest BCUT2D eigenvalue weighted by Gasteiger charge is 2.19. The number of hydrogen-bond donors (Lipinski definition) is 1. The Kier molecular flexibility index (Phi) is 7.27. The van der Waals surface area contributed by atoms with Crippen LogP contribution in [0.15, 0.2) is 78.0 Å². The first-order valence-corrected chi connectivity index (χ1v) is 11.4. The number of anilines is 1. The van der Waals surface area contributed by atoms with Crippen molar-refractivity contribution in [3.05, 3.63) is 82.9 Å². The molecular weight excluding hydrogens is 470 g/mol. The van der Waals surface area contributed by atoms with Crippen molar-refractivity contribution in [2.24, 2.45) is 0 Å². The number of thioether (sulfide) groups is 1. The second-order valence-corrected chi connectivity index (χ2v) is 8.12. The summed E-state index contributed by atoms with van der Waals surface area (Å²) in [6, 6.07) is 20.8. The SMILES string of the molecule is COc1ccc(-c2nnc(SCC(=O)Nc3ccccc3[N+](=O)[O-])n2-c2ccc(OC)cc2)cc1. The molecule has 0 fully saturated rings. The van der Waals surface area contributed by atoms with Crippen molar-refractivity contribution in [1.82, 2.24) is 14.8 Å². The van der Waals surface area contributed by atoms with E-state index in [2.05, 4.69) is 15.5 Å². The second kappa shape index (κ2) is 10.7. The van der Waals surface area contributed by atoms with E-state index in [1.807, 2.05) is 53.1 Å². The van der Waals surface area contributed by atoms with Gasteiger partial charge in [-0.1, -0.05) is 23.9 Å². The topological polar surface area (TPSA) is 121 Å². The van der Waals surface area contributed by atoms with Crippen molar-refractivity contribution >= 4 is 29.0 Å². The molecule has 1 amide bonds. The maximum Gasteiger partial charge on any atom is 0.292 e. The molecule has 35 heavy (non-hydrogen) atoms. The molecule has 0 saturated heterocycles. The number of aromatic nitrogens is 3. The highest BCUT2D eigenvalue weighted by Crippen LogP contribution is 2.30. The molecule has 178 valence electrons. The Morgan fingerprint density at radius 2 is 1.60 bits per heavy atom. The summed E-state index contributed by atoms with van der Waals surface area (Å²) < 4.78 is 12.3. The summed E-state index contributed by atoms with van der Waals surface area (Å²) in [7, 11) is 3.19. The van der Waals surface area contributed by atoms with Crippen LogP contribution in [-0.2, 0) is 4.79 Å². The quantitative estimate of drug-likeness (QED) is 0.205. The summed E-state index contributed by atoms with van der Waals surface area (Å²) in [6.07, 6.45) is 0. The third kappa shape index (κ3) is 5.41. The number of methoxy groups -OCH3 is 2. The zero-order valence-corrected chi connectivity index (χ0v) is 19.7. The van der Waals surface area contributed by atoms with Gasteiger partial charge in [-0.05, 0) is 54.6 Å². The van der Waals surface area contributed by atoms with Crippen molar-refractivity contribution in [3.63, 3.8) is 0 Å². The maximum atomic E-state index is 12.6. The van der Waals surface area contributed by atoms with Crippen LogP contribution in [0.5, 0.6) is 11.5 Å². The van der Waals surface area contributed by atoms with E-state index in [-0.39, 0.29) is 17.1 Å². The fourth-order valence-corrected chi connectivity index (χ4v) is 4.06. The van der Waals surface area contributed by atoms with Crippen molar-refractivity contribution < 1.29 is 19.2 Å². The van der Waals surface area contributed by atoms with Crippen LogP contribution in [0, 0.1) is 10.1 Å². The third-order valence-corrected chi connectivity index (χ3v) is 5.95. The van der Waals surface area contributed by atoms with Gasteiger partial charge in [-0.3, -0.25) is 19.5 Å². The molecule has 0 atom stereocenters. The van der Waals surface area contributed by atoms with Gasteiger partial charge < -0.3 is 14.8 Å². The Balaban J connectivity index is 1.61. The standard InChI is InChI=1S/C24H21N5O5S/c1-33-18-11-7-16(8-12-18)23-26-27-24(28(23)17-9-13-19(34-2)14-10-17)35-15-22(30)25-20-5-3-4-6-21(20)29(31)32/h3-14H,15H2,1-2H3,(H,25,30). The van der Waals surface area contributed by atoms with Gasteiger partial charge in [0, 0.05) is 17.3 Å². The van der Waals surface area contributed by atoms with Crippen LogP contribution in [0.4, 0.5) is 11.4 Å². The van der Waals surface area contributed by atoms with E-state index in [1.54, 1.807) is 26.4 Å². The van der Waals surface area contributed by atoms with Crippen LogP contribution in [0.2, 0.25) is 0 Å². The van der Waals surface area contributed by atoms with E-state index in [1.165, 1.54) is 23.9 Å². The molecule has 0 bridgehead atoms. The molecule has 1 aromatic heterocycles. The lowest BCUT2D eigenvalue weighted by atomic mass is 10.2. The van der Waals surface area contributed by atoms with Crippen LogP contribution < -0.4 is 14.8 Å². The summed E-state index contributed by atoms with van der Waals surface area (Å²) in [6.45, 7) is 0. The number of nitrogens with zero attached hydrogens (tertiary/aromatic N) is 4. The number of ether oxygens (including phenoxy) is 2. The molecular formula is C24H21N5O5S. The van der Waals surface area contributed by atoms with Gasteiger partial charge in [0.2, 0.25) is 5.91 Å². The highest BCUT2D eigenvalue weighted by atomic mass is 32.2. The monoisotopic (exact) mass is 491 g/mol. The number of rotatable bonds is 9. The molecule has 11 heteroatoms. The predicted molar refractivity (Wildman–Crippen MR) is 132 cm³/mol. The zero-order chi connectivity index (χ0) is 24.8. The fraction of sp³-hybridized carbons (Fsp3) is 0.125. The number of hydrogen-bond acceptors (Lipinski definition) is 8. The lowest BCUT2D eigenvalue weighted by Crippen LogP contribution is -2.15. The van der Waals surface area contributed by atoms with Crippen LogP contribution in [0.3, 0.4) is 0 Å². The van der Waals surface area contributed by atoms with Crippen LogP contribution in [0.25, 0.3) is 17.1 Å². The van der Waals surface area contributed by atoms with E-state index in [9.17, 15) is 14.9 Å². The fourth-order valence-electron chi connectivity index (χ4n) is 3.31. The summed E-state index contributed by atoms with van der Waals surface area (Å²) >= 11 is 1.17. The lowest BCUT2D eigenvalue weighted by molar-refractivity contribution is -0.383. The van der Waals surface area contributed by atoms with Crippen LogP contribution >= 0.6 is 11.8 Å². The van der Waals surface area contributed by atoms with Crippen molar-refractivity contribution in [3.8, 4) is 28.6 Å². The predicted octanol–water partition coefficient (Wildman–Crippen LogP) is 4.59. The largest absolute Gasteiger partial charge is 0.497 e. The Labute approximate surface area is 205 Å². The number of nitro benzene ring substituents is 1. The average molecular weight is 492 g/mol. The smallest absolute Gasteiger partial charge is 0.292 e. The molecule has 0 aliphatic rings. The molecule has 1 N–H and O–H groups in total. The summed E-state index contributed by atoms with van der Waals surface area (Å²) in [5.41, 5.74) is 1.56. The summed E-state index contributed by atoms with van der Waals surface area (Å²) in [5, 5.41) is 23.0. The number of nitro groups is 1. The molecule has 4 aromatic rings. The molecule has 0 aliphatic carbocycles. The molecule has 0 spiro atoms. The van der Waals surface area contributed by atoms with Crippen molar-refractivity contribution in [2.75, 3.05) is 25.3 Å². The number of carbonyl (C=O) groups excluding carboxylic acids is 1. The first-order chi connectivity index (χ1) is 17.0. The number of para-hydroxylation sites is 2. The minimum Gasteiger partial charge on any atom is -0.497 e. The first-order valence-electron chi connectivity index (χ1n) is 10.4. The third-order valence-electron chi connectivity index (χ3n) is 5.02. The van der Waals surface area contributed by atoms with Gasteiger partial charge in [0.25, 0.3) is 5.69 Å². The molecule has 10 nitrogen and oxygen atoms in total. The summed E-state index contributed by atoms with van der Waals surface area (Å²) in [5.74, 6) is 1.57. The summed E-state index contributed by atoms with van der Waals surface area (Å²) in [4.78, 5) is 23.3. The van der Waals surface area contributed by atoms with Crippen molar-refractivity contribution in [1.29, 1.82) is 0 Å². The van der Waals surface area contributed by atoms with E-state index in [0.29, 0.717) is 22.5 Å². The van der Waals surface area contributed by atoms with E-state index >= 15 is 0 Å². The van der Waals surface area contributed by atoms with Gasteiger partial charge in [-0.25, -0.2) is 0 Å². The second-order valence-electron chi connectivity index (χ2n) is 7.18. The van der Waals surface area contributed by atoms with Crippen LogP contribution in [0.1, 0.15) is 0 Å². The normalized spacial score (nSPS) is 10.6. The van der Waals surface area contributed by atoms with Gasteiger partial charge in [0.15, 0.2) is 11.0 Å². The molecule has 0 unspecified atom stereocenters. The minimum atomic E-state index is -0.538. The first kappa shape index (κ1) is 23.8. The van der Waals surface area contributed by atoms with Gasteiger partial charge in [-0.15, -0.1) is 10.2 Å². The van der Waals surface area contributed by atoms with Gasteiger partial charge in [0.05, 0.1) is 24.9 Å². The Morgan fingerprint density at radius 3 is 2.23 bits per heavy atom. The van der Waals surface area contributed by atoms with Gasteiger partial charge in [-0.2, -0.15) is 0 Å². The molecule has 3 aromatic carbocycles. The number of carbonyl (C=O) groups is 1. The van der Waals surface area contributed by atoms with E-state index in [4.69, 9.17) is 9.47 Å². The number of amides is 1. The van der Waals surface area contributed by atoms with Gasteiger partial charge in [0.1, 0.15) is 17.2 Å². The molecule has 1 heterocycles. The molecule has 0 saturated carbocycles. The minimum absolute atomic E-state index is 0.0249. The van der Waals surface area contributed by atoms with Crippen molar-refractivity contribution in [2.45, 2.75) is 5.16 Å². The Hall–Kier alpha value is -4.38. The maximum absolute atomic E-state index is 12.6. The average Bonchev–Trinajstić information content (AvgIpc) is 3.31. The Bertz CT molecular complexity index is 1340. The van der Waals surface area contributed by atoms with E-state index in [0.717, 1.165) is 11.3 Å². The molecule has 4 rings (SSSR count). The number of benzene rings is 3. The van der Waals surface area contributed by atoms with E-state index < -0.39 is 10.8 Å². The number of nitrogens with one attached hydrogen (secondary N) is 1. The zero-order valence-electron chi connectivity index (χ0n) is 18.9.